The Morgan fingerprint density at radius 2 is 1.53 bits per heavy atom. The largest absolute Gasteiger partial charge is 0.316 e. The van der Waals surface area contributed by atoms with Gasteiger partial charge in [0, 0.05) is 23.3 Å². The minimum Gasteiger partial charge on any atom is -0.316 e. The van der Waals surface area contributed by atoms with E-state index in [1.807, 2.05) is 0 Å². The molecule has 0 atom stereocenters. The van der Waals surface area contributed by atoms with Gasteiger partial charge in [0.2, 0.25) is 0 Å². The summed E-state index contributed by atoms with van der Waals surface area (Å²) in [5.74, 6) is -0.769. The normalized spacial score (nSPS) is 10.8. The van der Waals surface area contributed by atoms with Crippen molar-refractivity contribution in [3.05, 3.63) is 76.6 Å². The summed E-state index contributed by atoms with van der Waals surface area (Å²) < 4.78 is 27.9. The standard InChI is InChI=1S/C15H9F2NO/c16-10-1-4-12(5-2-10)18-8-7-15(19)13-6-3-11(17)9-14(13)18/h1-9H. The van der Waals surface area contributed by atoms with Gasteiger partial charge in [-0.2, -0.15) is 0 Å². The van der Waals surface area contributed by atoms with Crippen molar-refractivity contribution in [1.82, 2.24) is 4.57 Å². The molecule has 0 aliphatic heterocycles. The fraction of sp³-hybridized carbons (Fsp3) is 0. The maximum Gasteiger partial charge on any atom is 0.189 e. The molecule has 0 aliphatic carbocycles. The Hall–Kier alpha value is -2.49. The van der Waals surface area contributed by atoms with Crippen molar-refractivity contribution in [2.45, 2.75) is 0 Å². The molecule has 0 unspecified atom stereocenters. The smallest absolute Gasteiger partial charge is 0.189 e. The number of aromatic nitrogens is 1. The van der Waals surface area contributed by atoms with Crippen LogP contribution in [0.25, 0.3) is 16.6 Å². The summed E-state index contributed by atoms with van der Waals surface area (Å²) in [6.45, 7) is 0. The maximum atomic E-state index is 13.4. The molecule has 4 heteroatoms. The quantitative estimate of drug-likeness (QED) is 0.655. The topological polar surface area (TPSA) is 22.0 Å². The molecule has 0 saturated carbocycles. The third-order valence-electron chi connectivity index (χ3n) is 2.96. The number of fused-ring (bicyclic) bond motifs is 1. The zero-order chi connectivity index (χ0) is 13.4. The fourth-order valence-electron chi connectivity index (χ4n) is 2.05. The number of hydrogen-bond donors (Lipinski definition) is 0. The summed E-state index contributed by atoms with van der Waals surface area (Å²) in [4.78, 5) is 11.7. The Kier molecular flexibility index (Phi) is 2.63. The summed E-state index contributed by atoms with van der Waals surface area (Å²) in [7, 11) is 0. The van der Waals surface area contributed by atoms with Gasteiger partial charge in [0.25, 0.3) is 0 Å². The Labute approximate surface area is 107 Å². The lowest BCUT2D eigenvalue weighted by atomic mass is 10.2. The zero-order valence-electron chi connectivity index (χ0n) is 9.81. The molecule has 2 nitrogen and oxygen atoms in total. The monoisotopic (exact) mass is 257 g/mol. The molecule has 0 aliphatic rings. The first-order chi connectivity index (χ1) is 9.15. The van der Waals surface area contributed by atoms with E-state index in [9.17, 15) is 13.6 Å². The molecule has 0 amide bonds. The van der Waals surface area contributed by atoms with Crippen molar-refractivity contribution in [2.75, 3.05) is 0 Å². The van der Waals surface area contributed by atoms with Crippen LogP contribution in [0, 0.1) is 11.6 Å². The van der Waals surface area contributed by atoms with Crippen molar-refractivity contribution in [2.24, 2.45) is 0 Å². The van der Waals surface area contributed by atoms with Crippen molar-refractivity contribution >= 4 is 10.9 Å². The van der Waals surface area contributed by atoms with Crippen molar-refractivity contribution in [3.63, 3.8) is 0 Å². The van der Waals surface area contributed by atoms with E-state index in [0.29, 0.717) is 16.6 Å². The molecule has 3 aromatic rings. The van der Waals surface area contributed by atoms with Gasteiger partial charge in [0.1, 0.15) is 11.6 Å². The lowest BCUT2D eigenvalue weighted by Crippen LogP contribution is -2.06. The van der Waals surface area contributed by atoms with Crippen LogP contribution in [-0.4, -0.2) is 4.57 Å². The highest BCUT2D eigenvalue weighted by atomic mass is 19.1. The van der Waals surface area contributed by atoms with Gasteiger partial charge >= 0.3 is 0 Å². The molecule has 0 fully saturated rings. The van der Waals surface area contributed by atoms with Gasteiger partial charge in [-0.25, -0.2) is 8.78 Å². The van der Waals surface area contributed by atoms with E-state index in [4.69, 9.17) is 0 Å². The molecular formula is C15H9F2NO. The van der Waals surface area contributed by atoms with Crippen LogP contribution in [0.15, 0.2) is 59.5 Å². The first-order valence-corrected chi connectivity index (χ1v) is 5.72. The van der Waals surface area contributed by atoms with Crippen molar-refractivity contribution < 1.29 is 8.78 Å². The lowest BCUT2D eigenvalue weighted by Gasteiger charge is -2.10. The second-order valence-corrected chi connectivity index (χ2v) is 4.19. The van der Waals surface area contributed by atoms with Crippen molar-refractivity contribution in [1.29, 1.82) is 0 Å². The van der Waals surface area contributed by atoms with Crippen LogP contribution >= 0.6 is 0 Å². The average molecular weight is 257 g/mol. The van der Waals surface area contributed by atoms with Crippen LogP contribution in [0.4, 0.5) is 8.78 Å². The van der Waals surface area contributed by atoms with Gasteiger partial charge < -0.3 is 4.57 Å². The highest BCUT2D eigenvalue weighted by Gasteiger charge is 2.05. The van der Waals surface area contributed by atoms with Gasteiger partial charge in [-0.15, -0.1) is 0 Å². The van der Waals surface area contributed by atoms with Gasteiger partial charge in [-0.05, 0) is 42.5 Å². The van der Waals surface area contributed by atoms with Crippen LogP contribution in [0.3, 0.4) is 0 Å². The van der Waals surface area contributed by atoms with Crippen LogP contribution in [0.5, 0.6) is 0 Å². The Morgan fingerprint density at radius 3 is 2.26 bits per heavy atom. The molecule has 0 radical (unpaired) electrons. The van der Waals surface area contributed by atoms with Crippen LogP contribution in [-0.2, 0) is 0 Å². The van der Waals surface area contributed by atoms with Crippen LogP contribution in [0.2, 0.25) is 0 Å². The maximum absolute atomic E-state index is 13.4. The molecule has 1 aromatic heterocycles. The van der Waals surface area contributed by atoms with Crippen LogP contribution < -0.4 is 5.43 Å². The van der Waals surface area contributed by atoms with E-state index >= 15 is 0 Å². The summed E-state index contributed by atoms with van der Waals surface area (Å²) in [5.41, 5.74) is 0.949. The van der Waals surface area contributed by atoms with Gasteiger partial charge in [0.15, 0.2) is 5.43 Å². The minimum absolute atomic E-state index is 0.173. The number of benzene rings is 2. The van der Waals surface area contributed by atoms with Crippen molar-refractivity contribution in [3.8, 4) is 5.69 Å². The highest BCUT2D eigenvalue weighted by molar-refractivity contribution is 5.80. The third-order valence-corrected chi connectivity index (χ3v) is 2.96. The predicted molar refractivity (Wildman–Crippen MR) is 69.5 cm³/mol. The fourth-order valence-corrected chi connectivity index (χ4v) is 2.05. The molecule has 0 spiro atoms. The third kappa shape index (κ3) is 2.01. The SMILES string of the molecule is O=c1ccn(-c2ccc(F)cc2)c2cc(F)ccc12. The van der Waals surface area contributed by atoms with E-state index < -0.39 is 5.82 Å². The number of nitrogens with zero attached hydrogens (tertiary/aromatic N) is 1. The van der Waals surface area contributed by atoms with E-state index in [1.165, 1.54) is 36.4 Å². The van der Waals surface area contributed by atoms with E-state index in [-0.39, 0.29) is 11.2 Å². The van der Waals surface area contributed by atoms with E-state index in [1.54, 1.807) is 22.9 Å². The van der Waals surface area contributed by atoms with Gasteiger partial charge in [-0.1, -0.05) is 0 Å². The molecule has 1 heterocycles. The van der Waals surface area contributed by atoms with E-state index in [2.05, 4.69) is 0 Å². The molecule has 2 aromatic carbocycles. The lowest BCUT2D eigenvalue weighted by molar-refractivity contribution is 0.626. The number of pyridine rings is 1. The average Bonchev–Trinajstić information content (AvgIpc) is 2.40. The Balaban J connectivity index is 2.35. The first-order valence-electron chi connectivity index (χ1n) is 5.72. The summed E-state index contributed by atoms with van der Waals surface area (Å²) in [6.07, 6.45) is 1.55. The summed E-state index contributed by atoms with van der Waals surface area (Å²) in [5, 5.41) is 0.424. The Morgan fingerprint density at radius 1 is 0.842 bits per heavy atom. The van der Waals surface area contributed by atoms with Crippen LogP contribution in [0.1, 0.15) is 0 Å². The minimum atomic E-state index is -0.422. The summed E-state index contributed by atoms with van der Waals surface area (Å²) in [6, 6.07) is 11.2. The first kappa shape index (κ1) is 11.6. The molecule has 0 N–H and O–H groups in total. The van der Waals surface area contributed by atoms with Gasteiger partial charge in [0.05, 0.1) is 5.52 Å². The molecule has 3 rings (SSSR count). The second-order valence-electron chi connectivity index (χ2n) is 4.19. The number of rotatable bonds is 1. The predicted octanol–water partition coefficient (Wildman–Crippen LogP) is 3.27. The zero-order valence-corrected chi connectivity index (χ0v) is 9.81. The Bertz CT molecular complexity index is 806. The molecule has 0 saturated heterocycles. The summed E-state index contributed by atoms with van der Waals surface area (Å²) >= 11 is 0. The molecular weight excluding hydrogens is 248 g/mol. The molecule has 0 bridgehead atoms. The van der Waals surface area contributed by atoms with Gasteiger partial charge in [-0.3, -0.25) is 4.79 Å². The molecule has 19 heavy (non-hydrogen) atoms. The number of hydrogen-bond acceptors (Lipinski definition) is 1. The highest BCUT2D eigenvalue weighted by Crippen LogP contribution is 2.17. The second kappa shape index (κ2) is 4.31. The van der Waals surface area contributed by atoms with E-state index in [0.717, 1.165) is 0 Å². The molecule has 94 valence electrons. The number of halogens is 2.